The number of fused-ring (bicyclic) bond motifs is 1. The number of carbonyl (C=O) groups excluding carboxylic acids is 2. The van der Waals surface area contributed by atoms with Crippen LogP contribution in [0.15, 0.2) is 55.5 Å². The fraction of sp³-hybridized carbons (Fsp3) is 0. The number of hydrazine groups is 1. The minimum absolute atomic E-state index is 0.193. The van der Waals surface area contributed by atoms with Crippen molar-refractivity contribution in [3.63, 3.8) is 0 Å². The van der Waals surface area contributed by atoms with Crippen LogP contribution in [0.5, 0.6) is 0 Å². The van der Waals surface area contributed by atoms with Gasteiger partial charge in [0.15, 0.2) is 0 Å². The van der Waals surface area contributed by atoms with E-state index in [1.165, 1.54) is 17.4 Å². The van der Waals surface area contributed by atoms with Crippen LogP contribution >= 0.6 is 27.3 Å². The summed E-state index contributed by atoms with van der Waals surface area (Å²) in [6.07, 6.45) is 0. The van der Waals surface area contributed by atoms with Gasteiger partial charge in [-0.3, -0.25) is 20.4 Å². The predicted molar refractivity (Wildman–Crippen MR) is 89.4 cm³/mol. The molecule has 2 N–H and O–H groups in total. The Morgan fingerprint density at radius 2 is 1.87 bits per heavy atom. The van der Waals surface area contributed by atoms with Gasteiger partial charge in [0, 0.05) is 9.86 Å². The first-order valence-electron chi connectivity index (χ1n) is 6.42. The van der Waals surface area contributed by atoms with Gasteiger partial charge in [0.05, 0.1) is 4.88 Å². The number of hydrogen-bond donors (Lipinski definition) is 2. The summed E-state index contributed by atoms with van der Waals surface area (Å²) in [4.78, 5) is 36.2. The Labute approximate surface area is 142 Å². The lowest BCUT2D eigenvalue weighted by Crippen LogP contribution is -2.42. The van der Waals surface area contributed by atoms with Crippen molar-refractivity contribution in [3.05, 3.63) is 67.1 Å². The normalized spacial score (nSPS) is 10.5. The Hall–Kier alpha value is -2.45. The van der Waals surface area contributed by atoms with Gasteiger partial charge in [-0.25, -0.2) is 4.79 Å². The summed E-state index contributed by atoms with van der Waals surface area (Å²) in [5, 5.41) is 2.33. The highest BCUT2D eigenvalue weighted by Crippen LogP contribution is 2.19. The highest BCUT2D eigenvalue weighted by molar-refractivity contribution is 9.10. The summed E-state index contributed by atoms with van der Waals surface area (Å²) < 4.78 is 5.89. The summed E-state index contributed by atoms with van der Waals surface area (Å²) in [5.74, 6) is -1.20. The molecule has 23 heavy (non-hydrogen) atoms. The molecule has 0 aliphatic heterocycles. The zero-order chi connectivity index (χ0) is 16.4. The average Bonchev–Trinajstić information content (AvgIpc) is 3.06. The molecule has 0 aliphatic rings. The fourth-order valence-electron chi connectivity index (χ4n) is 1.90. The first-order valence-corrected chi connectivity index (χ1v) is 8.09. The molecule has 0 saturated heterocycles. The van der Waals surface area contributed by atoms with Gasteiger partial charge in [0.1, 0.15) is 11.1 Å². The van der Waals surface area contributed by atoms with Crippen molar-refractivity contribution in [1.29, 1.82) is 0 Å². The minimum atomic E-state index is -0.775. The van der Waals surface area contributed by atoms with Crippen molar-refractivity contribution < 1.29 is 14.0 Å². The van der Waals surface area contributed by atoms with E-state index >= 15 is 0 Å². The molecule has 0 aliphatic carbocycles. The molecule has 2 amide bonds. The largest absolute Gasteiger partial charge is 0.422 e. The van der Waals surface area contributed by atoms with Crippen LogP contribution < -0.4 is 16.5 Å². The van der Waals surface area contributed by atoms with E-state index < -0.39 is 17.4 Å². The van der Waals surface area contributed by atoms with E-state index in [9.17, 15) is 14.4 Å². The summed E-state index contributed by atoms with van der Waals surface area (Å²) in [6.45, 7) is 0. The quantitative estimate of drug-likeness (QED) is 0.518. The van der Waals surface area contributed by atoms with Crippen LogP contribution in [0.2, 0.25) is 0 Å². The van der Waals surface area contributed by atoms with E-state index in [-0.39, 0.29) is 5.56 Å². The average molecular weight is 393 g/mol. The maximum absolute atomic E-state index is 12.1. The molecule has 2 aromatic heterocycles. The molecule has 0 atom stereocenters. The molecule has 116 valence electrons. The topological polar surface area (TPSA) is 88.4 Å². The van der Waals surface area contributed by atoms with Crippen LogP contribution in [-0.2, 0) is 0 Å². The number of thiophene rings is 1. The molecule has 0 saturated carbocycles. The van der Waals surface area contributed by atoms with Crippen LogP contribution in [0.1, 0.15) is 20.0 Å². The molecule has 3 aromatic rings. The molecule has 0 unspecified atom stereocenters. The lowest BCUT2D eigenvalue weighted by atomic mass is 10.2. The number of amides is 2. The molecule has 1 aromatic carbocycles. The zero-order valence-electron chi connectivity index (χ0n) is 11.5. The van der Waals surface area contributed by atoms with E-state index in [0.717, 1.165) is 4.47 Å². The number of halogens is 1. The number of rotatable bonds is 2. The van der Waals surface area contributed by atoms with Crippen LogP contribution in [-0.4, -0.2) is 11.8 Å². The molecule has 0 radical (unpaired) electrons. The summed E-state index contributed by atoms with van der Waals surface area (Å²) in [7, 11) is 0. The van der Waals surface area contributed by atoms with Crippen LogP contribution in [0.3, 0.4) is 0 Å². The second-order valence-corrected chi connectivity index (χ2v) is 6.38. The first-order chi connectivity index (χ1) is 11.0. The lowest BCUT2D eigenvalue weighted by molar-refractivity contribution is 0.0847. The number of carbonyl (C=O) groups is 2. The second kappa shape index (κ2) is 6.35. The number of benzene rings is 1. The van der Waals surface area contributed by atoms with E-state index in [0.29, 0.717) is 15.8 Å². The third-order valence-corrected chi connectivity index (χ3v) is 4.34. The van der Waals surface area contributed by atoms with Crippen LogP contribution in [0.4, 0.5) is 0 Å². The van der Waals surface area contributed by atoms with Crippen molar-refractivity contribution in [2.24, 2.45) is 0 Å². The van der Waals surface area contributed by atoms with Gasteiger partial charge in [-0.2, -0.15) is 0 Å². The fourth-order valence-corrected chi connectivity index (χ4v) is 2.90. The van der Waals surface area contributed by atoms with Crippen molar-refractivity contribution in [1.82, 2.24) is 10.9 Å². The maximum atomic E-state index is 12.1. The van der Waals surface area contributed by atoms with Crippen molar-refractivity contribution in [2.75, 3.05) is 0 Å². The zero-order valence-corrected chi connectivity index (χ0v) is 13.9. The van der Waals surface area contributed by atoms with Gasteiger partial charge >= 0.3 is 5.63 Å². The van der Waals surface area contributed by atoms with Crippen molar-refractivity contribution >= 4 is 50.1 Å². The molecule has 0 fully saturated rings. The Morgan fingerprint density at radius 3 is 2.61 bits per heavy atom. The number of nitrogens with one attached hydrogen (secondary N) is 2. The highest BCUT2D eigenvalue weighted by Gasteiger charge is 2.15. The molecular formula is C15H9BrN2O4S. The van der Waals surface area contributed by atoms with Crippen LogP contribution in [0.25, 0.3) is 11.0 Å². The van der Waals surface area contributed by atoms with Gasteiger partial charge in [-0.05, 0) is 35.7 Å². The highest BCUT2D eigenvalue weighted by atomic mass is 79.9. The van der Waals surface area contributed by atoms with Gasteiger partial charge in [-0.15, -0.1) is 11.3 Å². The summed E-state index contributed by atoms with van der Waals surface area (Å²) >= 11 is 4.54. The van der Waals surface area contributed by atoms with Crippen LogP contribution in [0, 0.1) is 0 Å². The van der Waals surface area contributed by atoms with Gasteiger partial charge in [0.2, 0.25) is 0 Å². The third kappa shape index (κ3) is 3.33. The molecule has 6 nitrogen and oxygen atoms in total. The Balaban J connectivity index is 1.81. The van der Waals surface area contributed by atoms with E-state index in [2.05, 4.69) is 26.8 Å². The lowest BCUT2D eigenvalue weighted by Gasteiger charge is -2.06. The Bertz CT molecular complexity index is 950. The Kier molecular flexibility index (Phi) is 4.26. The van der Waals surface area contributed by atoms with Crippen molar-refractivity contribution in [3.8, 4) is 0 Å². The second-order valence-electron chi connectivity index (χ2n) is 4.52. The summed E-state index contributed by atoms with van der Waals surface area (Å²) in [6, 6.07) is 9.83. The molecule has 3 rings (SSSR count). The molecule has 0 bridgehead atoms. The van der Waals surface area contributed by atoms with E-state index in [1.807, 2.05) is 0 Å². The molecule has 2 heterocycles. The predicted octanol–water partition coefficient (Wildman–Crippen LogP) is 2.69. The van der Waals surface area contributed by atoms with E-state index in [4.69, 9.17) is 4.42 Å². The monoisotopic (exact) mass is 392 g/mol. The number of hydrogen-bond acceptors (Lipinski definition) is 5. The third-order valence-electron chi connectivity index (χ3n) is 2.97. The van der Waals surface area contributed by atoms with Gasteiger partial charge < -0.3 is 4.42 Å². The molecular weight excluding hydrogens is 384 g/mol. The van der Waals surface area contributed by atoms with Gasteiger partial charge in [-0.1, -0.05) is 22.0 Å². The van der Waals surface area contributed by atoms with Gasteiger partial charge in [0.25, 0.3) is 11.8 Å². The standard InChI is InChI=1S/C15H9BrN2O4S/c16-9-3-4-11-8(6-9)7-10(15(21)22-11)13(19)17-18-14(20)12-2-1-5-23-12/h1-7H,(H,17,19)(H,18,20). The minimum Gasteiger partial charge on any atom is -0.422 e. The maximum Gasteiger partial charge on any atom is 0.349 e. The van der Waals surface area contributed by atoms with Crippen molar-refractivity contribution in [2.45, 2.75) is 0 Å². The molecule has 0 spiro atoms. The Morgan fingerprint density at radius 1 is 1.09 bits per heavy atom. The van der Waals surface area contributed by atoms with E-state index in [1.54, 1.807) is 35.7 Å². The SMILES string of the molecule is O=C(NNC(=O)c1cc2cc(Br)ccc2oc1=O)c1cccs1. The smallest absolute Gasteiger partial charge is 0.349 e. The molecule has 8 heteroatoms. The first kappa shape index (κ1) is 15.4. The summed E-state index contributed by atoms with van der Waals surface area (Å²) in [5.41, 5.74) is 3.86.